The zero-order valence-corrected chi connectivity index (χ0v) is 14.4. The number of benzene rings is 1. The first-order chi connectivity index (χ1) is 10.2. The van der Waals surface area contributed by atoms with E-state index in [9.17, 15) is 4.39 Å². The van der Waals surface area contributed by atoms with Crippen molar-refractivity contribution in [3.05, 3.63) is 47.3 Å². The second-order valence-electron chi connectivity index (χ2n) is 5.54. The molecule has 1 aromatic carbocycles. The van der Waals surface area contributed by atoms with Crippen molar-refractivity contribution in [2.45, 2.75) is 31.7 Å². The van der Waals surface area contributed by atoms with Crippen molar-refractivity contribution in [1.29, 1.82) is 0 Å². The van der Waals surface area contributed by atoms with Crippen LogP contribution in [0.4, 0.5) is 4.39 Å². The summed E-state index contributed by atoms with van der Waals surface area (Å²) >= 11 is 6.07. The van der Waals surface area contributed by atoms with Gasteiger partial charge >= 0.3 is 0 Å². The van der Waals surface area contributed by atoms with Crippen LogP contribution in [0.15, 0.2) is 30.9 Å². The summed E-state index contributed by atoms with van der Waals surface area (Å²) in [5, 5.41) is 3.96. The van der Waals surface area contributed by atoms with E-state index in [0.29, 0.717) is 5.02 Å². The average molecular weight is 347 g/mol. The SMILES string of the molecule is C=CCCCC[C@@H](c1cc(Cl)ccc1F)N1CCNCC1.Cl. The third-order valence-corrected chi connectivity index (χ3v) is 4.28. The molecule has 0 aliphatic carbocycles. The maximum atomic E-state index is 14.2. The van der Waals surface area contributed by atoms with Gasteiger partial charge in [0.2, 0.25) is 0 Å². The molecule has 0 spiro atoms. The summed E-state index contributed by atoms with van der Waals surface area (Å²) in [6.45, 7) is 7.60. The van der Waals surface area contributed by atoms with Crippen LogP contribution >= 0.6 is 24.0 Å². The van der Waals surface area contributed by atoms with Gasteiger partial charge in [0.15, 0.2) is 0 Å². The lowest BCUT2D eigenvalue weighted by atomic mass is 9.97. The molecule has 0 radical (unpaired) electrons. The van der Waals surface area contributed by atoms with E-state index in [1.165, 1.54) is 6.07 Å². The summed E-state index contributed by atoms with van der Waals surface area (Å²) in [6.07, 6.45) is 6.11. The fraction of sp³-hybridized carbons (Fsp3) is 0.529. The molecule has 1 heterocycles. The Hall–Kier alpha value is -0.610. The van der Waals surface area contributed by atoms with Crippen LogP contribution < -0.4 is 5.32 Å². The predicted molar refractivity (Wildman–Crippen MR) is 94.5 cm³/mol. The van der Waals surface area contributed by atoms with Gasteiger partial charge in [0.25, 0.3) is 0 Å². The van der Waals surface area contributed by atoms with Crippen LogP contribution in [0.2, 0.25) is 5.02 Å². The number of nitrogens with zero attached hydrogens (tertiary/aromatic N) is 1. The third kappa shape index (κ3) is 5.54. The van der Waals surface area contributed by atoms with Gasteiger partial charge in [-0.15, -0.1) is 19.0 Å². The van der Waals surface area contributed by atoms with Crippen LogP contribution in [0.25, 0.3) is 0 Å². The van der Waals surface area contributed by atoms with E-state index < -0.39 is 0 Å². The highest BCUT2D eigenvalue weighted by molar-refractivity contribution is 6.30. The van der Waals surface area contributed by atoms with Gasteiger partial charge in [-0.3, -0.25) is 4.90 Å². The molecule has 124 valence electrons. The molecule has 0 aromatic heterocycles. The Labute approximate surface area is 144 Å². The second kappa shape index (κ2) is 10.2. The van der Waals surface area contributed by atoms with Gasteiger partial charge in [0.05, 0.1) is 0 Å². The zero-order chi connectivity index (χ0) is 15.1. The highest BCUT2D eigenvalue weighted by atomic mass is 35.5. The highest BCUT2D eigenvalue weighted by Gasteiger charge is 2.24. The van der Waals surface area contributed by atoms with Crippen LogP contribution in [-0.4, -0.2) is 31.1 Å². The number of unbranched alkanes of at least 4 members (excludes halogenated alkanes) is 2. The van der Waals surface area contributed by atoms with E-state index in [1.54, 1.807) is 12.1 Å². The van der Waals surface area contributed by atoms with Crippen LogP contribution in [0.1, 0.15) is 37.3 Å². The fourth-order valence-electron chi connectivity index (χ4n) is 2.92. The quantitative estimate of drug-likeness (QED) is 0.573. The highest BCUT2D eigenvalue weighted by Crippen LogP contribution is 2.30. The summed E-state index contributed by atoms with van der Waals surface area (Å²) in [5.41, 5.74) is 0.739. The van der Waals surface area contributed by atoms with Crippen molar-refractivity contribution < 1.29 is 4.39 Å². The Morgan fingerprint density at radius 2 is 2.05 bits per heavy atom. The Morgan fingerprint density at radius 3 is 2.73 bits per heavy atom. The van der Waals surface area contributed by atoms with Crippen molar-refractivity contribution in [2.75, 3.05) is 26.2 Å². The number of allylic oxidation sites excluding steroid dienone is 1. The minimum atomic E-state index is -0.147. The third-order valence-electron chi connectivity index (χ3n) is 4.05. The molecule has 1 fully saturated rings. The molecule has 0 saturated carbocycles. The molecular weight excluding hydrogens is 322 g/mol. The first-order valence-corrected chi connectivity index (χ1v) is 8.11. The lowest BCUT2D eigenvalue weighted by Crippen LogP contribution is -2.45. The summed E-state index contributed by atoms with van der Waals surface area (Å²) in [5.74, 6) is -0.147. The molecule has 1 saturated heterocycles. The van der Waals surface area contributed by atoms with Gasteiger partial charge in [-0.1, -0.05) is 24.1 Å². The van der Waals surface area contributed by atoms with Crippen molar-refractivity contribution in [2.24, 2.45) is 0 Å². The van der Waals surface area contributed by atoms with E-state index >= 15 is 0 Å². The van der Waals surface area contributed by atoms with E-state index in [-0.39, 0.29) is 24.3 Å². The van der Waals surface area contributed by atoms with Crippen LogP contribution in [0, 0.1) is 5.82 Å². The second-order valence-corrected chi connectivity index (χ2v) is 5.98. The smallest absolute Gasteiger partial charge is 0.128 e. The van der Waals surface area contributed by atoms with E-state index in [4.69, 9.17) is 11.6 Å². The lowest BCUT2D eigenvalue weighted by Gasteiger charge is -2.35. The largest absolute Gasteiger partial charge is 0.314 e. The van der Waals surface area contributed by atoms with Gasteiger partial charge in [0, 0.05) is 42.8 Å². The fourth-order valence-corrected chi connectivity index (χ4v) is 3.11. The Balaban J connectivity index is 0.00000242. The molecule has 0 amide bonds. The Morgan fingerprint density at radius 1 is 1.32 bits per heavy atom. The normalized spacial score (nSPS) is 16.8. The molecule has 2 rings (SSSR count). The number of hydrogen-bond donors (Lipinski definition) is 1. The molecule has 1 N–H and O–H groups in total. The Kier molecular flexibility index (Phi) is 9.03. The van der Waals surface area contributed by atoms with E-state index in [0.717, 1.165) is 57.4 Å². The topological polar surface area (TPSA) is 15.3 Å². The number of nitrogens with one attached hydrogen (secondary N) is 1. The molecule has 2 nitrogen and oxygen atoms in total. The minimum absolute atomic E-state index is 0. The van der Waals surface area contributed by atoms with Gasteiger partial charge in [-0.05, 0) is 37.5 Å². The Bertz CT molecular complexity index is 462. The number of halogens is 3. The molecule has 1 aromatic rings. The van der Waals surface area contributed by atoms with Gasteiger partial charge in [-0.25, -0.2) is 4.39 Å². The van der Waals surface area contributed by atoms with Crippen molar-refractivity contribution in [1.82, 2.24) is 10.2 Å². The average Bonchev–Trinajstić information content (AvgIpc) is 2.51. The zero-order valence-electron chi connectivity index (χ0n) is 12.9. The lowest BCUT2D eigenvalue weighted by molar-refractivity contribution is 0.160. The van der Waals surface area contributed by atoms with Crippen LogP contribution in [0.3, 0.4) is 0 Å². The first-order valence-electron chi connectivity index (χ1n) is 7.73. The van der Waals surface area contributed by atoms with Gasteiger partial charge < -0.3 is 5.32 Å². The molecule has 22 heavy (non-hydrogen) atoms. The standard InChI is InChI=1S/C17H24ClFN2.ClH/c1-2-3-4-5-6-17(21-11-9-20-10-12-21)15-13-14(18)7-8-16(15)19;/h2,7-8,13,17,20H,1,3-6,9-12H2;1H/t17-;/m0./s1. The molecule has 5 heteroatoms. The van der Waals surface area contributed by atoms with Crippen LogP contribution in [-0.2, 0) is 0 Å². The maximum absolute atomic E-state index is 14.2. The summed E-state index contributed by atoms with van der Waals surface area (Å²) in [4.78, 5) is 2.37. The van der Waals surface area contributed by atoms with Crippen LogP contribution in [0.5, 0.6) is 0 Å². The molecule has 1 aliphatic heterocycles. The minimum Gasteiger partial charge on any atom is -0.314 e. The van der Waals surface area contributed by atoms with Crippen molar-refractivity contribution in [3.8, 4) is 0 Å². The summed E-state index contributed by atoms with van der Waals surface area (Å²) in [6, 6.07) is 5.01. The monoisotopic (exact) mass is 346 g/mol. The maximum Gasteiger partial charge on any atom is 0.128 e. The summed E-state index contributed by atoms with van der Waals surface area (Å²) < 4.78 is 14.2. The van der Waals surface area contributed by atoms with Crippen molar-refractivity contribution >= 4 is 24.0 Å². The summed E-state index contributed by atoms with van der Waals surface area (Å²) in [7, 11) is 0. The number of hydrogen-bond acceptors (Lipinski definition) is 2. The first kappa shape index (κ1) is 19.4. The van der Waals surface area contributed by atoms with E-state index in [1.807, 2.05) is 6.08 Å². The van der Waals surface area contributed by atoms with E-state index in [2.05, 4.69) is 16.8 Å². The van der Waals surface area contributed by atoms with Gasteiger partial charge in [-0.2, -0.15) is 0 Å². The molecule has 0 unspecified atom stereocenters. The molecule has 1 aliphatic rings. The number of rotatable bonds is 7. The molecular formula is C17H25Cl2FN2. The van der Waals surface area contributed by atoms with Gasteiger partial charge in [0.1, 0.15) is 5.82 Å². The molecule has 1 atom stereocenters. The molecule has 0 bridgehead atoms. The predicted octanol–water partition coefficient (Wildman–Crippen LogP) is 4.59. The number of piperazine rings is 1. The van der Waals surface area contributed by atoms with Crippen molar-refractivity contribution in [3.63, 3.8) is 0 Å².